The number of carbonyl (C=O) groups is 3. The maximum absolute atomic E-state index is 12.6. The van der Waals surface area contributed by atoms with Crippen LogP contribution in [0.25, 0.3) is 38.7 Å². The van der Waals surface area contributed by atoms with Gasteiger partial charge in [0.25, 0.3) is 0 Å². The van der Waals surface area contributed by atoms with Crippen molar-refractivity contribution < 1.29 is 29.3 Å². The van der Waals surface area contributed by atoms with E-state index >= 15 is 0 Å². The molecule has 10 nitrogen and oxygen atoms in total. The van der Waals surface area contributed by atoms with E-state index in [1.165, 1.54) is 54.9 Å². The molecule has 0 saturated heterocycles. The number of rotatable bonds is 16. The van der Waals surface area contributed by atoms with E-state index < -0.39 is 17.9 Å². The summed E-state index contributed by atoms with van der Waals surface area (Å²) in [6.07, 6.45) is 8.01. The number of fused-ring (bicyclic) bond motifs is 1. The van der Waals surface area contributed by atoms with Gasteiger partial charge in [0, 0.05) is 37.9 Å². The van der Waals surface area contributed by atoms with Crippen LogP contribution in [0.3, 0.4) is 0 Å². The molecule has 6 aromatic rings. The Hall–Kier alpha value is -6.16. The highest BCUT2D eigenvalue weighted by Gasteiger charge is 2.18. The minimum atomic E-state index is -1.03. The normalized spacial score (nSPS) is 11.3. The zero-order chi connectivity index (χ0) is 38.0. The lowest BCUT2D eigenvalue weighted by atomic mass is 10.00. The second kappa shape index (κ2) is 17.6. The van der Waals surface area contributed by atoms with E-state index in [2.05, 4.69) is 15.7 Å². The SMILES string of the molecule is CCCCCCCCOC(=O)/C(C#N)=C/c1ccc(-c2ccc(-c3ccc(N(c4ccc(C(=O)O)cc4)c4ccc(C(=O)O)cc4)cc3)c3nsnc23)s1. The largest absolute Gasteiger partial charge is 0.478 e. The number of nitriles is 1. The first-order valence-corrected chi connectivity index (χ1v) is 19.0. The van der Waals surface area contributed by atoms with Gasteiger partial charge in [-0.25, -0.2) is 14.4 Å². The van der Waals surface area contributed by atoms with Crippen LogP contribution in [-0.2, 0) is 9.53 Å². The fourth-order valence-corrected chi connectivity index (χ4v) is 7.57. The third kappa shape index (κ3) is 8.71. The highest BCUT2D eigenvalue weighted by atomic mass is 32.1. The van der Waals surface area contributed by atoms with Gasteiger partial charge >= 0.3 is 17.9 Å². The van der Waals surface area contributed by atoms with E-state index in [1.807, 2.05) is 59.5 Å². The van der Waals surface area contributed by atoms with Gasteiger partial charge in [-0.05, 0) is 90.9 Å². The van der Waals surface area contributed by atoms with Crippen molar-refractivity contribution in [2.24, 2.45) is 0 Å². The van der Waals surface area contributed by atoms with E-state index in [4.69, 9.17) is 4.74 Å². The number of anilines is 3. The number of aromatic nitrogens is 2. The molecule has 0 aliphatic carbocycles. The lowest BCUT2D eigenvalue weighted by Gasteiger charge is -2.26. The molecule has 0 aliphatic rings. The molecule has 0 fully saturated rings. The standard InChI is InChI=1S/C42H36N4O6S2/c1-2-3-4-5-6-7-24-52-42(51)30(26-43)25-34-20-23-37(53-34)36-22-21-35(38-39(36)45-54-44-38)27-8-14-31(15-9-27)46(32-16-10-28(11-17-32)40(47)48)33-18-12-29(13-19-33)41(49)50/h8-23,25H,2-7,24H2,1H3,(H,47,48)(H,49,50)/b30-25+. The average molecular weight is 757 g/mol. The quantitative estimate of drug-likeness (QED) is 0.0422. The third-order valence-electron chi connectivity index (χ3n) is 8.85. The first kappa shape index (κ1) is 37.6. The highest BCUT2D eigenvalue weighted by Crippen LogP contribution is 2.40. The van der Waals surface area contributed by atoms with Crippen LogP contribution < -0.4 is 4.90 Å². The van der Waals surface area contributed by atoms with Crippen LogP contribution in [0.1, 0.15) is 71.0 Å². The Labute approximate surface area is 320 Å². The Morgan fingerprint density at radius 1 is 0.722 bits per heavy atom. The molecular weight excluding hydrogens is 721 g/mol. The van der Waals surface area contributed by atoms with Gasteiger partial charge in [-0.1, -0.05) is 63.3 Å². The van der Waals surface area contributed by atoms with Crippen LogP contribution in [0.2, 0.25) is 0 Å². The molecule has 0 spiro atoms. The Morgan fingerprint density at radius 3 is 1.83 bits per heavy atom. The molecule has 0 amide bonds. The van der Waals surface area contributed by atoms with Crippen molar-refractivity contribution in [3.8, 4) is 27.6 Å². The number of carboxylic acids is 2. The number of hydrogen-bond acceptors (Lipinski definition) is 10. The molecule has 0 unspecified atom stereocenters. The molecule has 0 aliphatic heterocycles. The molecule has 2 aromatic heterocycles. The zero-order valence-electron chi connectivity index (χ0n) is 29.4. The van der Waals surface area contributed by atoms with E-state index in [0.29, 0.717) is 18.0 Å². The summed E-state index contributed by atoms with van der Waals surface area (Å²) in [5, 5.41) is 28.5. The molecule has 12 heteroatoms. The summed E-state index contributed by atoms with van der Waals surface area (Å²) >= 11 is 2.56. The molecule has 2 heterocycles. The molecule has 4 aromatic carbocycles. The Morgan fingerprint density at radius 2 is 1.26 bits per heavy atom. The Kier molecular flexibility index (Phi) is 12.2. The number of carbonyl (C=O) groups excluding carboxylic acids is 1. The molecule has 0 radical (unpaired) electrons. The monoisotopic (exact) mass is 756 g/mol. The van der Waals surface area contributed by atoms with E-state index in [9.17, 15) is 29.9 Å². The number of esters is 1. The molecule has 272 valence electrons. The summed E-state index contributed by atoms with van der Waals surface area (Å²) in [5.74, 6) is -2.67. The summed E-state index contributed by atoms with van der Waals surface area (Å²) in [6, 6.07) is 30.5. The summed E-state index contributed by atoms with van der Waals surface area (Å²) in [4.78, 5) is 39.2. The molecule has 54 heavy (non-hydrogen) atoms. The van der Waals surface area contributed by atoms with Gasteiger partial charge in [0.05, 0.1) is 29.5 Å². The number of unbranched alkanes of at least 4 members (excludes halogenated alkanes) is 5. The first-order valence-electron chi connectivity index (χ1n) is 17.5. The summed E-state index contributed by atoms with van der Waals surface area (Å²) in [6.45, 7) is 2.47. The van der Waals surface area contributed by atoms with Gasteiger partial charge in [-0.15, -0.1) is 11.3 Å². The lowest BCUT2D eigenvalue weighted by molar-refractivity contribution is -0.138. The minimum Gasteiger partial charge on any atom is -0.478 e. The highest BCUT2D eigenvalue weighted by molar-refractivity contribution is 7.16. The van der Waals surface area contributed by atoms with Crippen LogP contribution in [0.4, 0.5) is 17.1 Å². The van der Waals surface area contributed by atoms with Crippen molar-refractivity contribution in [1.82, 2.24) is 8.75 Å². The fraction of sp³-hybridized carbons (Fsp3) is 0.190. The average Bonchev–Trinajstić information content (AvgIpc) is 3.88. The number of ether oxygens (including phenoxy) is 1. The van der Waals surface area contributed by atoms with E-state index in [0.717, 1.165) is 74.2 Å². The lowest BCUT2D eigenvalue weighted by Crippen LogP contribution is -2.10. The number of thiophene rings is 1. The van der Waals surface area contributed by atoms with Gasteiger partial charge in [0.15, 0.2) is 0 Å². The molecule has 0 atom stereocenters. The van der Waals surface area contributed by atoms with Gasteiger partial charge < -0.3 is 19.8 Å². The third-order valence-corrected chi connectivity index (χ3v) is 10.4. The number of benzene rings is 4. The molecule has 2 N–H and O–H groups in total. The van der Waals surface area contributed by atoms with Gasteiger partial charge in [0.1, 0.15) is 22.7 Å². The molecule has 0 bridgehead atoms. The predicted octanol–water partition coefficient (Wildman–Crippen LogP) is 10.8. The van der Waals surface area contributed by atoms with Gasteiger partial charge in [0.2, 0.25) is 0 Å². The fourth-order valence-electron chi connectivity index (χ4n) is 6.02. The van der Waals surface area contributed by atoms with Crippen LogP contribution >= 0.6 is 23.1 Å². The van der Waals surface area contributed by atoms with E-state index in [-0.39, 0.29) is 16.7 Å². The van der Waals surface area contributed by atoms with Crippen molar-refractivity contribution >= 4 is 75.1 Å². The Balaban J connectivity index is 1.23. The second-order valence-electron chi connectivity index (χ2n) is 12.5. The summed E-state index contributed by atoms with van der Waals surface area (Å²) in [7, 11) is 0. The first-order chi connectivity index (χ1) is 26.3. The van der Waals surface area contributed by atoms with Crippen LogP contribution in [0.15, 0.2) is 103 Å². The molecule has 0 saturated carbocycles. The number of aromatic carboxylic acids is 2. The van der Waals surface area contributed by atoms with E-state index in [1.54, 1.807) is 30.3 Å². The predicted molar refractivity (Wildman–Crippen MR) is 213 cm³/mol. The maximum atomic E-state index is 12.6. The van der Waals surface area contributed by atoms with Crippen LogP contribution in [0, 0.1) is 11.3 Å². The van der Waals surface area contributed by atoms with Crippen molar-refractivity contribution in [3.05, 3.63) is 119 Å². The second-order valence-corrected chi connectivity index (χ2v) is 14.1. The van der Waals surface area contributed by atoms with Crippen molar-refractivity contribution in [2.75, 3.05) is 11.5 Å². The summed E-state index contributed by atoms with van der Waals surface area (Å²) < 4.78 is 14.6. The zero-order valence-corrected chi connectivity index (χ0v) is 31.0. The van der Waals surface area contributed by atoms with Crippen LogP contribution in [-0.4, -0.2) is 43.5 Å². The van der Waals surface area contributed by atoms with Crippen molar-refractivity contribution in [2.45, 2.75) is 45.4 Å². The summed E-state index contributed by atoms with van der Waals surface area (Å²) in [5.41, 5.74) is 6.57. The van der Waals surface area contributed by atoms with Crippen LogP contribution in [0.5, 0.6) is 0 Å². The smallest absolute Gasteiger partial charge is 0.348 e. The Bertz CT molecular complexity index is 2280. The minimum absolute atomic E-state index is 0.0400. The molecule has 6 rings (SSSR count). The number of carboxylic acid groups (broad SMARTS) is 2. The van der Waals surface area contributed by atoms with Gasteiger partial charge in [-0.2, -0.15) is 14.0 Å². The number of hydrogen-bond donors (Lipinski definition) is 2. The molecular formula is C42H36N4O6S2. The van der Waals surface area contributed by atoms with Crippen molar-refractivity contribution in [3.63, 3.8) is 0 Å². The number of nitrogens with zero attached hydrogens (tertiary/aromatic N) is 4. The maximum Gasteiger partial charge on any atom is 0.348 e. The van der Waals surface area contributed by atoms with Gasteiger partial charge in [-0.3, -0.25) is 0 Å². The van der Waals surface area contributed by atoms with Crippen molar-refractivity contribution in [1.29, 1.82) is 5.26 Å². The topological polar surface area (TPSA) is 154 Å².